The summed E-state index contributed by atoms with van der Waals surface area (Å²) in [6, 6.07) is 2.02. The molecule has 2 aromatic heterocycles. The number of aromatic nitrogens is 3. The van der Waals surface area contributed by atoms with Crippen LogP contribution in [0.3, 0.4) is 0 Å². The van der Waals surface area contributed by atoms with Crippen molar-refractivity contribution in [2.24, 2.45) is 29.4 Å². The van der Waals surface area contributed by atoms with Gasteiger partial charge in [0.05, 0.1) is 16.6 Å². The molecule has 2 aromatic rings. The van der Waals surface area contributed by atoms with Gasteiger partial charge in [0.1, 0.15) is 0 Å². The Bertz CT molecular complexity index is 1210. The first-order valence-electron chi connectivity index (χ1n) is 13.2. The molecule has 8 rings (SSSR count). The van der Waals surface area contributed by atoms with Crippen LogP contribution in [0.15, 0.2) is 11.2 Å². The van der Waals surface area contributed by atoms with Gasteiger partial charge in [-0.3, -0.25) is 9.48 Å². The fraction of sp³-hybridized carbons (Fsp3) is 0.704. The number of carbonyl (C=O) groups excluding carboxylic acids is 1. The zero-order valence-corrected chi connectivity index (χ0v) is 21.8. The number of carbonyl (C=O) groups is 1. The first-order valence-corrected chi connectivity index (χ1v) is 14.0. The monoisotopic (exact) mass is 523 g/mol. The fourth-order valence-corrected chi connectivity index (χ4v) is 9.55. The minimum atomic E-state index is -0.119. The summed E-state index contributed by atoms with van der Waals surface area (Å²) >= 11 is 4.12. The maximum absolute atomic E-state index is 13.5. The Morgan fingerprint density at radius 2 is 1.88 bits per heavy atom. The van der Waals surface area contributed by atoms with E-state index < -0.39 is 0 Å². The normalized spacial score (nSPS) is 34.7. The zero-order valence-electron chi connectivity index (χ0n) is 20.2. The second kappa shape index (κ2) is 7.37. The molecule has 34 heavy (non-hydrogen) atoms. The molecule has 6 nitrogen and oxygen atoms in total. The third kappa shape index (κ3) is 3.64. The minimum Gasteiger partial charge on any atom is -0.267 e. The molecule has 6 fully saturated rings. The molecule has 0 spiro atoms. The van der Waals surface area contributed by atoms with E-state index in [1.807, 2.05) is 17.8 Å². The van der Waals surface area contributed by atoms with Crippen molar-refractivity contribution in [3.63, 3.8) is 0 Å². The highest BCUT2D eigenvalue weighted by atomic mass is 79.9. The van der Waals surface area contributed by atoms with Crippen LogP contribution < -0.4 is 5.43 Å². The van der Waals surface area contributed by atoms with Gasteiger partial charge < -0.3 is 0 Å². The first-order chi connectivity index (χ1) is 16.3. The molecule has 180 valence electrons. The number of fused-ring (bicyclic) bond motifs is 1. The largest absolute Gasteiger partial charge is 0.272 e. The number of amides is 1. The maximum atomic E-state index is 13.5. The Morgan fingerprint density at radius 1 is 1.18 bits per heavy atom. The van der Waals surface area contributed by atoms with Gasteiger partial charge in [-0.25, -0.2) is 10.4 Å². The van der Waals surface area contributed by atoms with Crippen molar-refractivity contribution >= 4 is 38.6 Å². The highest BCUT2D eigenvalue weighted by molar-refractivity contribution is 9.10. The second-order valence-electron chi connectivity index (χ2n) is 12.4. The number of hydrogen-bond donors (Lipinski definition) is 1. The van der Waals surface area contributed by atoms with Crippen LogP contribution in [0.4, 0.5) is 0 Å². The summed E-state index contributed by atoms with van der Waals surface area (Å²) < 4.78 is 2.21. The van der Waals surface area contributed by atoms with Gasteiger partial charge in [-0.2, -0.15) is 10.2 Å². The van der Waals surface area contributed by atoms with E-state index in [0.29, 0.717) is 27.1 Å². The molecule has 6 saturated carbocycles. The molecule has 0 aliphatic heterocycles. The van der Waals surface area contributed by atoms with E-state index in [1.54, 1.807) is 0 Å². The summed E-state index contributed by atoms with van der Waals surface area (Å²) in [6.45, 7) is 2.09. The number of hydrazone groups is 1. The van der Waals surface area contributed by atoms with E-state index >= 15 is 0 Å². The van der Waals surface area contributed by atoms with Crippen LogP contribution in [0.2, 0.25) is 0 Å². The number of aryl methyl sites for hydroxylation is 1. The highest BCUT2D eigenvalue weighted by Crippen LogP contribution is 2.65. The number of nitrogens with zero attached hydrogens (tertiary/aromatic N) is 4. The van der Waals surface area contributed by atoms with Crippen molar-refractivity contribution in [1.29, 1.82) is 0 Å². The molecular formula is C27H34BrN5O. The summed E-state index contributed by atoms with van der Waals surface area (Å²) in [4.78, 5) is 18.4. The van der Waals surface area contributed by atoms with Crippen molar-refractivity contribution in [3.05, 3.63) is 23.0 Å². The maximum Gasteiger partial charge on any atom is 0.272 e. The minimum absolute atomic E-state index is 0.119. The number of rotatable bonds is 6. The Labute approximate surface area is 209 Å². The molecule has 0 aromatic carbocycles. The van der Waals surface area contributed by atoms with Gasteiger partial charge in [-0.15, -0.1) is 0 Å². The van der Waals surface area contributed by atoms with Gasteiger partial charge in [0.15, 0.2) is 5.65 Å². The SMILES string of the molecule is CC(CC12CC3CC(CC(Br)(C3)C1)C2)=NNC(=O)c1cc(C2CC2)nc2c1c(C1CC1)nn2C. The second-order valence-corrected chi connectivity index (χ2v) is 14.1. The Hall–Kier alpha value is -1.76. The van der Waals surface area contributed by atoms with Crippen molar-refractivity contribution in [2.75, 3.05) is 0 Å². The predicted molar refractivity (Wildman–Crippen MR) is 136 cm³/mol. The van der Waals surface area contributed by atoms with E-state index in [1.165, 1.54) is 38.5 Å². The molecule has 1 amide bonds. The molecule has 4 bridgehead atoms. The van der Waals surface area contributed by atoms with Crippen molar-refractivity contribution in [1.82, 2.24) is 20.2 Å². The number of hydrogen-bond acceptors (Lipinski definition) is 4. The van der Waals surface area contributed by atoms with Crippen molar-refractivity contribution < 1.29 is 4.79 Å². The van der Waals surface area contributed by atoms with E-state index in [4.69, 9.17) is 10.1 Å². The number of nitrogens with one attached hydrogen (secondary N) is 1. The molecule has 2 heterocycles. The molecular weight excluding hydrogens is 490 g/mol. The van der Waals surface area contributed by atoms with E-state index in [0.717, 1.165) is 72.1 Å². The summed E-state index contributed by atoms with van der Waals surface area (Å²) in [5, 5.41) is 10.4. The lowest BCUT2D eigenvalue weighted by molar-refractivity contribution is -0.0303. The molecule has 2 atom stereocenters. The van der Waals surface area contributed by atoms with Crippen LogP contribution in [0, 0.1) is 17.3 Å². The van der Waals surface area contributed by atoms with Crippen LogP contribution in [-0.4, -0.2) is 30.7 Å². The van der Waals surface area contributed by atoms with Gasteiger partial charge in [0.2, 0.25) is 0 Å². The number of alkyl halides is 1. The van der Waals surface area contributed by atoms with Gasteiger partial charge in [0, 0.05) is 34.6 Å². The van der Waals surface area contributed by atoms with E-state index in [9.17, 15) is 4.79 Å². The van der Waals surface area contributed by atoms with Crippen molar-refractivity contribution in [3.8, 4) is 0 Å². The third-order valence-electron chi connectivity index (χ3n) is 9.13. The van der Waals surface area contributed by atoms with Crippen LogP contribution in [-0.2, 0) is 7.05 Å². The lowest BCUT2D eigenvalue weighted by Crippen LogP contribution is -2.53. The highest BCUT2D eigenvalue weighted by Gasteiger charge is 2.56. The summed E-state index contributed by atoms with van der Waals surface area (Å²) in [6.07, 6.45) is 13.6. The molecule has 6 aliphatic carbocycles. The molecule has 2 unspecified atom stereocenters. The molecule has 7 heteroatoms. The summed E-state index contributed by atoms with van der Waals surface area (Å²) in [7, 11) is 1.95. The van der Waals surface area contributed by atoms with Gasteiger partial charge in [-0.1, -0.05) is 15.9 Å². The molecule has 1 N–H and O–H groups in total. The molecule has 0 saturated heterocycles. The van der Waals surface area contributed by atoms with Crippen LogP contribution in [0.1, 0.15) is 111 Å². The quantitative estimate of drug-likeness (QED) is 0.288. The Kier molecular flexibility index (Phi) is 4.67. The number of pyridine rings is 1. The smallest absolute Gasteiger partial charge is 0.267 e. The average Bonchev–Trinajstić information content (AvgIpc) is 3.67. The van der Waals surface area contributed by atoms with E-state index in [2.05, 4.69) is 33.4 Å². The summed E-state index contributed by atoms with van der Waals surface area (Å²) in [5.41, 5.74) is 7.95. The Balaban J connectivity index is 1.15. The molecule has 0 radical (unpaired) electrons. The van der Waals surface area contributed by atoms with Crippen LogP contribution in [0.25, 0.3) is 11.0 Å². The fourth-order valence-electron chi connectivity index (χ4n) is 8.04. The number of halogens is 1. The lowest BCUT2D eigenvalue weighted by atomic mass is 9.48. The zero-order chi connectivity index (χ0) is 23.2. The van der Waals surface area contributed by atoms with Gasteiger partial charge in [0.25, 0.3) is 5.91 Å². The predicted octanol–water partition coefficient (Wildman–Crippen LogP) is 5.95. The topological polar surface area (TPSA) is 72.2 Å². The molecule has 6 aliphatic rings. The van der Waals surface area contributed by atoms with E-state index in [-0.39, 0.29) is 5.91 Å². The summed E-state index contributed by atoms with van der Waals surface area (Å²) in [5.74, 6) is 2.54. The standard InChI is InChI=1S/C27H34BrN5O/c1-15(9-26-10-16-7-17(11-26)13-27(28,12-16)14-26)30-31-25(34)20-8-21(18-3-4-18)29-24-22(20)23(19-5-6-19)32-33(24)2/h8,16-19H,3-7,9-14H2,1-2H3,(H,31,34). The first kappa shape index (κ1) is 21.5. The van der Waals surface area contributed by atoms with Crippen LogP contribution >= 0.6 is 15.9 Å². The van der Waals surface area contributed by atoms with Gasteiger partial charge in [-0.05, 0) is 101 Å². The van der Waals surface area contributed by atoms with Gasteiger partial charge >= 0.3 is 0 Å². The average molecular weight is 525 g/mol. The van der Waals surface area contributed by atoms with Crippen molar-refractivity contribution in [2.45, 2.75) is 93.7 Å². The third-order valence-corrected chi connectivity index (χ3v) is 10.1. The van der Waals surface area contributed by atoms with Crippen LogP contribution in [0.5, 0.6) is 0 Å². The lowest BCUT2D eigenvalue weighted by Gasteiger charge is -2.60. The Morgan fingerprint density at radius 3 is 2.53 bits per heavy atom.